The number of ether oxygens (including phenoxy) is 1. The number of nitrogens with zero attached hydrogens (tertiary/aromatic N) is 1. The molecular formula is C18H29N3O2S. The largest absolute Gasteiger partial charge is 0.496 e. The fourth-order valence-electron chi connectivity index (χ4n) is 3.22. The number of likely N-dealkylation sites (N-methyl/N-ethyl adjacent to an activating group) is 1. The van der Waals surface area contributed by atoms with Gasteiger partial charge in [-0.15, -0.1) is 11.8 Å². The third-order valence-electron chi connectivity index (χ3n) is 4.52. The zero-order valence-electron chi connectivity index (χ0n) is 15.1. The fourth-order valence-corrected chi connectivity index (χ4v) is 4.05. The van der Waals surface area contributed by atoms with Crippen molar-refractivity contribution in [3.63, 3.8) is 0 Å². The Kier molecular flexibility index (Phi) is 7.24. The Morgan fingerprint density at radius 2 is 2.21 bits per heavy atom. The zero-order valence-corrected chi connectivity index (χ0v) is 16.0. The predicted molar refractivity (Wildman–Crippen MR) is 102 cm³/mol. The van der Waals surface area contributed by atoms with Crippen LogP contribution in [0.25, 0.3) is 0 Å². The highest BCUT2D eigenvalue weighted by atomic mass is 32.2. The molecule has 0 saturated carbocycles. The summed E-state index contributed by atoms with van der Waals surface area (Å²) in [5.41, 5.74) is 1.59. The van der Waals surface area contributed by atoms with Crippen LogP contribution in [0.4, 0.5) is 5.69 Å². The highest BCUT2D eigenvalue weighted by molar-refractivity contribution is 7.99. The first-order valence-electron chi connectivity index (χ1n) is 8.69. The molecular weight excluding hydrogens is 322 g/mol. The summed E-state index contributed by atoms with van der Waals surface area (Å²) in [4.78, 5) is 16.2. The van der Waals surface area contributed by atoms with Gasteiger partial charge in [0.05, 0.1) is 18.4 Å². The molecule has 1 fully saturated rings. The fraction of sp³-hybridized carbons (Fsp3) is 0.611. The number of thioether (sulfide) groups is 1. The maximum absolute atomic E-state index is 12.7. The van der Waals surface area contributed by atoms with Gasteiger partial charge in [0.25, 0.3) is 5.91 Å². The number of anilines is 1. The molecule has 1 aliphatic rings. The highest BCUT2D eigenvalue weighted by Gasteiger charge is 2.24. The Hall–Kier alpha value is -1.40. The van der Waals surface area contributed by atoms with Gasteiger partial charge in [0.1, 0.15) is 5.75 Å². The number of carbonyl (C=O) groups excluding carboxylic acids is 1. The van der Waals surface area contributed by atoms with Gasteiger partial charge < -0.3 is 15.4 Å². The zero-order chi connectivity index (χ0) is 17.5. The van der Waals surface area contributed by atoms with Gasteiger partial charge in [-0.25, -0.2) is 0 Å². The third kappa shape index (κ3) is 4.36. The molecule has 6 heteroatoms. The third-order valence-corrected chi connectivity index (χ3v) is 5.46. The Bertz CT molecular complexity index is 565. The van der Waals surface area contributed by atoms with Crippen molar-refractivity contribution in [1.82, 2.24) is 10.2 Å². The summed E-state index contributed by atoms with van der Waals surface area (Å²) in [6.45, 7) is 7.15. The molecule has 1 saturated heterocycles. The Morgan fingerprint density at radius 1 is 1.42 bits per heavy atom. The van der Waals surface area contributed by atoms with E-state index in [-0.39, 0.29) is 5.91 Å². The van der Waals surface area contributed by atoms with Crippen molar-refractivity contribution in [1.29, 1.82) is 0 Å². The average molecular weight is 352 g/mol. The average Bonchev–Trinajstić information content (AvgIpc) is 3.07. The number of likely N-dealkylation sites (tertiary alicyclic amines) is 1. The smallest absolute Gasteiger partial charge is 0.255 e. The molecule has 0 unspecified atom stereocenters. The standard InChI is InChI=1S/C18H29N3O2S/c1-5-21-9-7-8-13(21)12-20-18(22)14-10-17(24-6-2)15(19-3)11-16(14)23-4/h10-11,13,19H,5-9,12H2,1-4H3,(H,20,22)/t13-/m0/s1. The second kappa shape index (κ2) is 9.18. The minimum Gasteiger partial charge on any atom is -0.496 e. The van der Waals surface area contributed by atoms with E-state index in [4.69, 9.17) is 4.74 Å². The minimum atomic E-state index is -0.0598. The minimum absolute atomic E-state index is 0.0598. The van der Waals surface area contributed by atoms with Crippen molar-refractivity contribution in [3.8, 4) is 5.75 Å². The topological polar surface area (TPSA) is 53.6 Å². The van der Waals surface area contributed by atoms with Crippen molar-refractivity contribution < 1.29 is 9.53 Å². The number of carbonyl (C=O) groups is 1. The maximum atomic E-state index is 12.7. The van der Waals surface area contributed by atoms with Crippen molar-refractivity contribution in [2.45, 2.75) is 37.6 Å². The molecule has 24 heavy (non-hydrogen) atoms. The molecule has 1 aromatic carbocycles. The number of hydrogen-bond donors (Lipinski definition) is 2. The second-order valence-corrected chi connectivity index (χ2v) is 7.17. The van der Waals surface area contributed by atoms with Crippen molar-refractivity contribution >= 4 is 23.4 Å². The molecule has 134 valence electrons. The molecule has 0 radical (unpaired) electrons. The van der Waals surface area contributed by atoms with Crippen LogP contribution in [-0.4, -0.2) is 56.4 Å². The first kappa shape index (κ1) is 18.9. The SMILES string of the molecule is CCSc1cc(C(=O)NC[C@@H]2CCCN2CC)c(OC)cc1NC. The van der Waals surface area contributed by atoms with Crippen LogP contribution in [0.15, 0.2) is 17.0 Å². The lowest BCUT2D eigenvalue weighted by Gasteiger charge is -2.23. The van der Waals surface area contributed by atoms with Crippen LogP contribution in [0.3, 0.4) is 0 Å². The first-order valence-corrected chi connectivity index (χ1v) is 9.67. The molecule has 1 aliphatic heterocycles. The summed E-state index contributed by atoms with van der Waals surface area (Å²) < 4.78 is 5.44. The van der Waals surface area contributed by atoms with Gasteiger partial charge in [-0.2, -0.15) is 0 Å². The van der Waals surface area contributed by atoms with Gasteiger partial charge >= 0.3 is 0 Å². The van der Waals surface area contributed by atoms with E-state index in [9.17, 15) is 4.79 Å². The van der Waals surface area contributed by atoms with Gasteiger partial charge in [0.2, 0.25) is 0 Å². The molecule has 1 atom stereocenters. The molecule has 1 aromatic rings. The molecule has 0 bridgehead atoms. The quantitative estimate of drug-likeness (QED) is 0.705. The molecule has 0 spiro atoms. The first-order chi connectivity index (χ1) is 11.6. The van der Waals surface area contributed by atoms with E-state index in [0.717, 1.165) is 35.8 Å². The number of rotatable bonds is 8. The molecule has 1 heterocycles. The van der Waals surface area contributed by atoms with Crippen LogP contribution >= 0.6 is 11.8 Å². The summed E-state index contributed by atoms with van der Waals surface area (Å²) in [7, 11) is 3.49. The maximum Gasteiger partial charge on any atom is 0.255 e. The number of nitrogens with one attached hydrogen (secondary N) is 2. The second-order valence-electron chi connectivity index (χ2n) is 5.87. The number of hydrogen-bond acceptors (Lipinski definition) is 5. The van der Waals surface area contributed by atoms with Crippen LogP contribution in [0.2, 0.25) is 0 Å². The number of methoxy groups -OCH3 is 1. The van der Waals surface area contributed by atoms with Crippen molar-refractivity contribution in [3.05, 3.63) is 17.7 Å². The lowest BCUT2D eigenvalue weighted by atomic mass is 10.1. The Morgan fingerprint density at radius 3 is 2.83 bits per heavy atom. The van der Waals surface area contributed by atoms with Gasteiger partial charge in [-0.1, -0.05) is 13.8 Å². The molecule has 1 amide bonds. The van der Waals surface area contributed by atoms with E-state index in [0.29, 0.717) is 23.9 Å². The van der Waals surface area contributed by atoms with E-state index in [1.807, 2.05) is 19.2 Å². The van der Waals surface area contributed by atoms with Crippen molar-refractivity contribution in [2.75, 3.05) is 44.9 Å². The van der Waals surface area contributed by atoms with Gasteiger partial charge in [-0.3, -0.25) is 9.69 Å². The van der Waals surface area contributed by atoms with Crippen LogP contribution < -0.4 is 15.4 Å². The van der Waals surface area contributed by atoms with E-state index < -0.39 is 0 Å². The molecule has 0 aliphatic carbocycles. The van der Waals surface area contributed by atoms with E-state index in [2.05, 4.69) is 29.4 Å². The normalized spacial score (nSPS) is 17.8. The predicted octanol–water partition coefficient (Wildman–Crippen LogP) is 3.06. The van der Waals surface area contributed by atoms with E-state index >= 15 is 0 Å². The van der Waals surface area contributed by atoms with Gasteiger partial charge in [0.15, 0.2) is 0 Å². The van der Waals surface area contributed by atoms with Crippen LogP contribution in [0.1, 0.15) is 37.0 Å². The number of benzene rings is 1. The monoisotopic (exact) mass is 351 g/mol. The molecule has 2 N–H and O–H groups in total. The van der Waals surface area contributed by atoms with Crippen LogP contribution in [-0.2, 0) is 0 Å². The summed E-state index contributed by atoms with van der Waals surface area (Å²) in [5.74, 6) is 1.50. The lowest BCUT2D eigenvalue weighted by Crippen LogP contribution is -2.40. The van der Waals surface area contributed by atoms with E-state index in [1.165, 1.54) is 6.42 Å². The van der Waals surface area contributed by atoms with Crippen LogP contribution in [0, 0.1) is 0 Å². The summed E-state index contributed by atoms with van der Waals surface area (Å²) in [6.07, 6.45) is 2.37. The summed E-state index contributed by atoms with van der Waals surface area (Å²) >= 11 is 1.72. The van der Waals surface area contributed by atoms with Crippen molar-refractivity contribution in [2.24, 2.45) is 0 Å². The lowest BCUT2D eigenvalue weighted by molar-refractivity contribution is 0.0938. The molecule has 2 rings (SSSR count). The Labute approximate surface area is 149 Å². The Balaban J connectivity index is 2.13. The van der Waals surface area contributed by atoms with Crippen LogP contribution in [0.5, 0.6) is 5.75 Å². The molecule has 0 aromatic heterocycles. The number of amides is 1. The van der Waals surface area contributed by atoms with Gasteiger partial charge in [-0.05, 0) is 37.8 Å². The van der Waals surface area contributed by atoms with E-state index in [1.54, 1.807) is 18.9 Å². The highest BCUT2D eigenvalue weighted by Crippen LogP contribution is 2.33. The summed E-state index contributed by atoms with van der Waals surface area (Å²) in [6, 6.07) is 4.28. The summed E-state index contributed by atoms with van der Waals surface area (Å²) in [5, 5.41) is 6.27. The van der Waals surface area contributed by atoms with Gasteiger partial charge in [0, 0.05) is 30.6 Å². The molecule has 5 nitrogen and oxygen atoms in total.